The molecule has 9 nitrogen and oxygen atoms in total. The minimum absolute atomic E-state index is 0.0373. The maximum Gasteiger partial charge on any atom is 0.269 e. The average molecular weight is 409 g/mol. The second-order valence-electron chi connectivity index (χ2n) is 6.76. The van der Waals surface area contributed by atoms with E-state index < -0.39 is 14.8 Å². The highest BCUT2D eigenvalue weighted by Gasteiger charge is 2.29. The predicted octanol–water partition coefficient (Wildman–Crippen LogP) is 1.10. The van der Waals surface area contributed by atoms with E-state index in [4.69, 9.17) is 0 Å². The van der Waals surface area contributed by atoms with Gasteiger partial charge in [-0.2, -0.15) is 0 Å². The van der Waals surface area contributed by atoms with Crippen LogP contribution in [0.25, 0.3) is 6.08 Å². The van der Waals surface area contributed by atoms with Crippen LogP contribution >= 0.6 is 0 Å². The number of nitrogens with zero attached hydrogens (tertiary/aromatic N) is 3. The van der Waals surface area contributed by atoms with Crippen molar-refractivity contribution in [3.05, 3.63) is 46.0 Å². The van der Waals surface area contributed by atoms with Crippen molar-refractivity contribution in [2.24, 2.45) is 0 Å². The van der Waals surface area contributed by atoms with E-state index in [1.807, 2.05) is 0 Å². The molecule has 1 heterocycles. The van der Waals surface area contributed by atoms with Gasteiger partial charge in [0.05, 0.1) is 23.0 Å². The molecule has 0 saturated carbocycles. The Bertz CT molecular complexity index is 865. The molecule has 1 saturated heterocycles. The summed E-state index contributed by atoms with van der Waals surface area (Å²) in [6.07, 6.45) is 3.62. The summed E-state index contributed by atoms with van der Waals surface area (Å²) in [5, 5.41) is 10.6. The normalized spacial score (nSPS) is 16.6. The lowest BCUT2D eigenvalue weighted by molar-refractivity contribution is -0.384. The molecule has 152 valence electrons. The standard InChI is InChI=1S/C18H23N3O6S/c1-19(13-18(23)20(2)15-9-11-28(26,27)12-10-15)17(22)8-5-14-3-6-16(7-4-14)21(24)25/h3-8,15H,9-13H2,1-2H3/b8-5+. The fraction of sp³-hybridized carbons (Fsp3) is 0.444. The molecular weight excluding hydrogens is 386 g/mol. The summed E-state index contributed by atoms with van der Waals surface area (Å²) < 4.78 is 23.0. The zero-order valence-electron chi connectivity index (χ0n) is 15.8. The first-order valence-electron chi connectivity index (χ1n) is 8.73. The third kappa shape index (κ3) is 5.88. The number of nitro groups is 1. The van der Waals surface area contributed by atoms with Gasteiger partial charge in [-0.3, -0.25) is 19.7 Å². The minimum atomic E-state index is -3.00. The number of carbonyl (C=O) groups excluding carboxylic acids is 2. The predicted molar refractivity (Wildman–Crippen MR) is 104 cm³/mol. The molecule has 2 rings (SSSR count). The van der Waals surface area contributed by atoms with Gasteiger partial charge in [0.25, 0.3) is 5.69 Å². The molecule has 28 heavy (non-hydrogen) atoms. The third-order valence-corrected chi connectivity index (χ3v) is 6.45. The second-order valence-corrected chi connectivity index (χ2v) is 9.07. The van der Waals surface area contributed by atoms with Gasteiger partial charge in [0, 0.05) is 38.3 Å². The molecule has 0 radical (unpaired) electrons. The molecule has 1 aromatic rings. The summed E-state index contributed by atoms with van der Waals surface area (Å²) in [4.78, 5) is 37.5. The molecule has 1 fully saturated rings. The first kappa shape index (κ1) is 21.5. The first-order valence-corrected chi connectivity index (χ1v) is 10.5. The van der Waals surface area contributed by atoms with Crippen LogP contribution in [-0.4, -0.2) is 73.1 Å². The van der Waals surface area contributed by atoms with E-state index in [-0.39, 0.29) is 41.6 Å². The number of nitro benzene ring substituents is 1. The summed E-state index contributed by atoms with van der Waals surface area (Å²) in [6, 6.07) is 5.60. The number of hydrogen-bond acceptors (Lipinski definition) is 6. The quantitative estimate of drug-likeness (QED) is 0.394. The van der Waals surface area contributed by atoms with Crippen molar-refractivity contribution in [3.8, 4) is 0 Å². The van der Waals surface area contributed by atoms with E-state index in [0.717, 1.165) is 0 Å². The molecule has 0 aromatic heterocycles. The molecule has 0 bridgehead atoms. The van der Waals surface area contributed by atoms with E-state index in [2.05, 4.69) is 0 Å². The van der Waals surface area contributed by atoms with Gasteiger partial charge < -0.3 is 9.80 Å². The fourth-order valence-electron chi connectivity index (χ4n) is 2.86. The van der Waals surface area contributed by atoms with Crippen molar-refractivity contribution in [1.29, 1.82) is 0 Å². The Morgan fingerprint density at radius 2 is 1.75 bits per heavy atom. The zero-order valence-corrected chi connectivity index (χ0v) is 16.6. The Kier molecular flexibility index (Phi) is 6.90. The summed E-state index contributed by atoms with van der Waals surface area (Å²) in [5.41, 5.74) is 0.587. The Hall–Kier alpha value is -2.75. The average Bonchev–Trinajstić information content (AvgIpc) is 2.65. The molecule has 2 amide bonds. The largest absolute Gasteiger partial charge is 0.341 e. The van der Waals surface area contributed by atoms with Crippen molar-refractivity contribution >= 4 is 33.4 Å². The van der Waals surface area contributed by atoms with Crippen molar-refractivity contribution in [1.82, 2.24) is 9.80 Å². The fourth-order valence-corrected chi connectivity index (χ4v) is 4.33. The summed E-state index contributed by atoms with van der Waals surface area (Å²) >= 11 is 0. The van der Waals surface area contributed by atoms with Crippen LogP contribution in [0.4, 0.5) is 5.69 Å². The number of sulfone groups is 1. The van der Waals surface area contributed by atoms with Gasteiger partial charge in [0.15, 0.2) is 0 Å². The highest BCUT2D eigenvalue weighted by Crippen LogP contribution is 2.17. The SMILES string of the molecule is CN(CC(=O)N(C)C1CCS(=O)(=O)CC1)C(=O)/C=C/c1ccc([N+](=O)[O-])cc1. The molecule has 0 N–H and O–H groups in total. The van der Waals surface area contributed by atoms with Crippen LogP contribution in [0.5, 0.6) is 0 Å². The number of carbonyl (C=O) groups is 2. The highest BCUT2D eigenvalue weighted by atomic mass is 32.2. The van der Waals surface area contributed by atoms with Crippen LogP contribution in [0.1, 0.15) is 18.4 Å². The van der Waals surface area contributed by atoms with Crippen LogP contribution in [0, 0.1) is 10.1 Å². The summed E-state index contributed by atoms with van der Waals surface area (Å²) in [6.45, 7) is -0.122. The molecule has 1 aliphatic heterocycles. The van der Waals surface area contributed by atoms with E-state index >= 15 is 0 Å². The third-order valence-electron chi connectivity index (χ3n) is 4.74. The molecule has 0 spiro atoms. The molecule has 0 unspecified atom stereocenters. The van der Waals surface area contributed by atoms with Gasteiger partial charge >= 0.3 is 0 Å². The van der Waals surface area contributed by atoms with E-state index in [9.17, 15) is 28.1 Å². The smallest absolute Gasteiger partial charge is 0.269 e. The lowest BCUT2D eigenvalue weighted by Crippen LogP contribution is -2.46. The second kappa shape index (κ2) is 8.96. The first-order chi connectivity index (χ1) is 13.1. The van der Waals surface area contributed by atoms with Crippen LogP contribution in [-0.2, 0) is 19.4 Å². The van der Waals surface area contributed by atoms with E-state index in [1.165, 1.54) is 53.3 Å². The number of benzene rings is 1. The van der Waals surface area contributed by atoms with Crippen LogP contribution < -0.4 is 0 Å². The molecule has 0 aliphatic carbocycles. The van der Waals surface area contributed by atoms with Gasteiger partial charge in [0.2, 0.25) is 11.8 Å². The lowest BCUT2D eigenvalue weighted by Gasteiger charge is -2.32. The van der Waals surface area contributed by atoms with Gasteiger partial charge in [-0.15, -0.1) is 0 Å². The van der Waals surface area contributed by atoms with Crippen molar-refractivity contribution < 1.29 is 22.9 Å². The van der Waals surface area contributed by atoms with E-state index in [0.29, 0.717) is 18.4 Å². The van der Waals surface area contributed by atoms with Gasteiger partial charge in [-0.25, -0.2) is 8.42 Å². The maximum atomic E-state index is 12.4. The topological polar surface area (TPSA) is 118 Å². The Labute approximate surface area is 163 Å². The molecule has 1 aromatic carbocycles. The molecule has 0 atom stereocenters. The number of likely N-dealkylation sites (N-methyl/N-ethyl adjacent to an activating group) is 2. The summed E-state index contributed by atoms with van der Waals surface area (Å²) in [5.74, 6) is -0.500. The van der Waals surface area contributed by atoms with Crippen molar-refractivity contribution in [3.63, 3.8) is 0 Å². The number of hydrogen-bond donors (Lipinski definition) is 0. The van der Waals surface area contributed by atoms with Gasteiger partial charge in [-0.1, -0.05) is 0 Å². The minimum Gasteiger partial charge on any atom is -0.341 e. The summed E-state index contributed by atoms with van der Waals surface area (Å²) in [7, 11) is 0.119. The van der Waals surface area contributed by atoms with Gasteiger partial charge in [-0.05, 0) is 36.6 Å². The van der Waals surface area contributed by atoms with Crippen LogP contribution in [0.3, 0.4) is 0 Å². The Morgan fingerprint density at radius 1 is 1.18 bits per heavy atom. The van der Waals surface area contributed by atoms with E-state index in [1.54, 1.807) is 7.05 Å². The highest BCUT2D eigenvalue weighted by molar-refractivity contribution is 7.91. The Morgan fingerprint density at radius 3 is 2.29 bits per heavy atom. The maximum absolute atomic E-state index is 12.4. The van der Waals surface area contributed by atoms with Crippen molar-refractivity contribution in [2.45, 2.75) is 18.9 Å². The molecular formula is C18H23N3O6S. The number of rotatable bonds is 6. The molecule has 10 heteroatoms. The molecule has 1 aliphatic rings. The van der Waals surface area contributed by atoms with Crippen molar-refractivity contribution in [2.75, 3.05) is 32.1 Å². The van der Waals surface area contributed by atoms with Crippen LogP contribution in [0.2, 0.25) is 0 Å². The monoisotopic (exact) mass is 409 g/mol. The lowest BCUT2D eigenvalue weighted by atomic mass is 10.1. The number of amides is 2. The van der Waals surface area contributed by atoms with Gasteiger partial charge in [0.1, 0.15) is 9.84 Å². The van der Waals surface area contributed by atoms with Crippen LogP contribution in [0.15, 0.2) is 30.3 Å². The Balaban J connectivity index is 1.88. The zero-order chi connectivity index (χ0) is 20.9. The number of non-ortho nitro benzene ring substituents is 1.